The Hall–Kier alpha value is -2.24. The molecule has 0 aliphatic heterocycles. The molecule has 0 aliphatic carbocycles. The third-order valence-corrected chi connectivity index (χ3v) is 2.89. The van der Waals surface area contributed by atoms with Crippen molar-refractivity contribution in [3.63, 3.8) is 0 Å². The molecule has 19 heavy (non-hydrogen) atoms. The highest BCUT2D eigenvalue weighted by Gasteiger charge is 2.21. The first-order valence-electron chi connectivity index (χ1n) is 6.10. The van der Waals surface area contributed by atoms with E-state index >= 15 is 0 Å². The maximum absolute atomic E-state index is 11.6. The van der Waals surface area contributed by atoms with Crippen molar-refractivity contribution in [2.24, 2.45) is 0 Å². The van der Waals surface area contributed by atoms with Gasteiger partial charge >= 0.3 is 5.97 Å². The van der Waals surface area contributed by atoms with Gasteiger partial charge in [0.2, 0.25) is 0 Å². The van der Waals surface area contributed by atoms with Gasteiger partial charge in [-0.1, -0.05) is 0 Å². The van der Waals surface area contributed by atoms with Gasteiger partial charge in [0, 0.05) is 0 Å². The lowest BCUT2D eigenvalue weighted by atomic mass is 10.2. The molecule has 102 valence electrons. The molecule has 0 saturated carbocycles. The van der Waals surface area contributed by atoms with Crippen molar-refractivity contribution in [3.8, 4) is 0 Å². The first-order chi connectivity index (χ1) is 9.04. The average Bonchev–Trinajstić information content (AvgIpc) is 2.95. The Morgan fingerprint density at radius 3 is 2.89 bits per heavy atom. The van der Waals surface area contributed by atoms with E-state index in [4.69, 9.17) is 14.9 Å². The average molecular weight is 263 g/mol. The molecule has 2 rings (SSSR count). The summed E-state index contributed by atoms with van der Waals surface area (Å²) in [4.78, 5) is 15.6. The third kappa shape index (κ3) is 2.47. The molecule has 0 spiro atoms. The summed E-state index contributed by atoms with van der Waals surface area (Å²) in [5.74, 6) is 1.35. The lowest BCUT2D eigenvalue weighted by Crippen LogP contribution is -2.12. The summed E-state index contributed by atoms with van der Waals surface area (Å²) < 4.78 is 12.1. The number of nitrogen functional groups attached to an aromatic ring is 1. The topological polar surface area (TPSA) is 83.3 Å². The summed E-state index contributed by atoms with van der Waals surface area (Å²) >= 11 is 0. The number of aryl methyl sites for hydroxylation is 1. The Bertz CT molecular complexity index is 586. The van der Waals surface area contributed by atoms with E-state index < -0.39 is 5.97 Å². The fourth-order valence-electron chi connectivity index (χ4n) is 1.85. The molecule has 6 heteroatoms. The van der Waals surface area contributed by atoms with E-state index in [9.17, 15) is 4.79 Å². The van der Waals surface area contributed by atoms with Crippen LogP contribution in [0.1, 0.15) is 41.9 Å². The van der Waals surface area contributed by atoms with Crippen LogP contribution in [0.25, 0.3) is 0 Å². The van der Waals surface area contributed by atoms with Crippen LogP contribution < -0.4 is 5.73 Å². The molecule has 6 nitrogen and oxygen atoms in total. The van der Waals surface area contributed by atoms with E-state index in [1.165, 1.54) is 6.33 Å². The van der Waals surface area contributed by atoms with Gasteiger partial charge in [-0.2, -0.15) is 0 Å². The van der Waals surface area contributed by atoms with Crippen LogP contribution in [-0.2, 0) is 4.74 Å². The van der Waals surface area contributed by atoms with Crippen LogP contribution in [-0.4, -0.2) is 22.1 Å². The molecule has 2 heterocycles. The highest BCUT2D eigenvalue weighted by molar-refractivity contribution is 5.92. The second-order valence-corrected chi connectivity index (χ2v) is 4.23. The summed E-state index contributed by atoms with van der Waals surface area (Å²) in [7, 11) is 0. The number of imidazole rings is 1. The maximum atomic E-state index is 11.6. The molecule has 0 bridgehead atoms. The van der Waals surface area contributed by atoms with E-state index in [1.807, 2.05) is 26.0 Å². The minimum Gasteiger partial charge on any atom is -0.464 e. The Morgan fingerprint density at radius 2 is 2.32 bits per heavy atom. The van der Waals surface area contributed by atoms with E-state index in [0.29, 0.717) is 0 Å². The molecule has 1 atom stereocenters. The number of rotatable bonds is 4. The van der Waals surface area contributed by atoms with Gasteiger partial charge < -0.3 is 19.5 Å². The smallest absolute Gasteiger partial charge is 0.360 e. The number of esters is 1. The number of ether oxygens (including phenoxy) is 1. The molecular formula is C13H17N3O3. The molecule has 0 aromatic carbocycles. The summed E-state index contributed by atoms with van der Waals surface area (Å²) in [6.07, 6.45) is 1.52. The number of nitrogens with zero attached hydrogens (tertiary/aromatic N) is 2. The van der Waals surface area contributed by atoms with Gasteiger partial charge in [-0.15, -0.1) is 0 Å². The minimum absolute atomic E-state index is 0.135. The third-order valence-electron chi connectivity index (χ3n) is 2.89. The lowest BCUT2D eigenvalue weighted by Gasteiger charge is -2.12. The largest absolute Gasteiger partial charge is 0.464 e. The second kappa shape index (κ2) is 5.17. The van der Waals surface area contributed by atoms with Crippen LogP contribution in [0, 0.1) is 6.92 Å². The number of furan rings is 1. The van der Waals surface area contributed by atoms with Crippen LogP contribution in [0.3, 0.4) is 0 Å². The van der Waals surface area contributed by atoms with E-state index in [2.05, 4.69) is 4.98 Å². The standard InChI is InChI=1S/C13H17N3O3/c1-4-18-13(17)11-12(14)16(7-15-11)9(3)10-6-5-8(2)19-10/h5-7,9H,4,14H2,1-3H3. The first kappa shape index (κ1) is 13.2. The van der Waals surface area contributed by atoms with Gasteiger partial charge in [-0.25, -0.2) is 9.78 Å². The van der Waals surface area contributed by atoms with Crippen LogP contribution in [0.4, 0.5) is 5.82 Å². The Balaban J connectivity index is 2.29. The molecule has 0 saturated heterocycles. The lowest BCUT2D eigenvalue weighted by molar-refractivity contribution is 0.0521. The number of anilines is 1. The maximum Gasteiger partial charge on any atom is 0.360 e. The molecule has 0 fully saturated rings. The number of carbonyl (C=O) groups excluding carboxylic acids is 1. The Morgan fingerprint density at radius 1 is 1.58 bits per heavy atom. The first-order valence-corrected chi connectivity index (χ1v) is 6.10. The summed E-state index contributed by atoms with van der Waals surface area (Å²) in [6, 6.07) is 3.62. The molecule has 2 aromatic heterocycles. The van der Waals surface area contributed by atoms with Crippen LogP contribution >= 0.6 is 0 Å². The quantitative estimate of drug-likeness (QED) is 0.854. The summed E-state index contributed by atoms with van der Waals surface area (Å²) in [5, 5.41) is 0. The molecule has 0 radical (unpaired) electrons. The zero-order valence-electron chi connectivity index (χ0n) is 11.2. The van der Waals surface area contributed by atoms with Crippen molar-refractivity contribution in [2.45, 2.75) is 26.8 Å². The molecule has 2 aromatic rings. The summed E-state index contributed by atoms with van der Waals surface area (Å²) in [5.41, 5.74) is 6.07. The molecule has 0 amide bonds. The fourth-order valence-corrected chi connectivity index (χ4v) is 1.85. The predicted molar refractivity (Wildman–Crippen MR) is 69.9 cm³/mol. The van der Waals surface area contributed by atoms with Crippen molar-refractivity contribution < 1.29 is 13.9 Å². The van der Waals surface area contributed by atoms with Crippen molar-refractivity contribution in [1.29, 1.82) is 0 Å². The van der Waals surface area contributed by atoms with Gasteiger partial charge in [0.15, 0.2) is 5.69 Å². The number of aromatic nitrogens is 2. The normalized spacial score (nSPS) is 12.4. The fraction of sp³-hybridized carbons (Fsp3) is 0.385. The highest BCUT2D eigenvalue weighted by atomic mass is 16.5. The molecule has 2 N–H and O–H groups in total. The van der Waals surface area contributed by atoms with Gasteiger partial charge in [-0.05, 0) is 32.9 Å². The van der Waals surface area contributed by atoms with Crippen molar-refractivity contribution in [1.82, 2.24) is 9.55 Å². The monoisotopic (exact) mass is 263 g/mol. The van der Waals surface area contributed by atoms with Gasteiger partial charge in [0.25, 0.3) is 0 Å². The van der Waals surface area contributed by atoms with Crippen molar-refractivity contribution in [2.75, 3.05) is 12.3 Å². The van der Waals surface area contributed by atoms with Crippen molar-refractivity contribution >= 4 is 11.8 Å². The second-order valence-electron chi connectivity index (χ2n) is 4.23. The van der Waals surface area contributed by atoms with Gasteiger partial charge in [-0.3, -0.25) is 0 Å². The Kier molecular flexibility index (Phi) is 3.59. The molecule has 1 unspecified atom stereocenters. The SMILES string of the molecule is CCOC(=O)c1ncn(C(C)c2ccc(C)o2)c1N. The van der Waals surface area contributed by atoms with Gasteiger partial charge in [0.05, 0.1) is 19.0 Å². The Labute approximate surface area is 111 Å². The number of carbonyl (C=O) groups is 1. The van der Waals surface area contributed by atoms with Crippen molar-refractivity contribution in [3.05, 3.63) is 35.7 Å². The van der Waals surface area contributed by atoms with E-state index in [1.54, 1.807) is 11.5 Å². The zero-order chi connectivity index (χ0) is 14.0. The number of hydrogen-bond acceptors (Lipinski definition) is 5. The van der Waals surface area contributed by atoms with E-state index in [0.717, 1.165) is 11.5 Å². The van der Waals surface area contributed by atoms with Gasteiger partial charge in [0.1, 0.15) is 17.3 Å². The molecule has 0 aliphatic rings. The number of nitrogens with two attached hydrogens (primary N) is 1. The number of hydrogen-bond donors (Lipinski definition) is 1. The van der Waals surface area contributed by atoms with Crippen LogP contribution in [0.15, 0.2) is 22.9 Å². The zero-order valence-corrected chi connectivity index (χ0v) is 11.2. The minimum atomic E-state index is -0.512. The highest BCUT2D eigenvalue weighted by Crippen LogP contribution is 2.24. The van der Waals surface area contributed by atoms with E-state index in [-0.39, 0.29) is 24.2 Å². The predicted octanol–water partition coefficient (Wildman–Crippen LogP) is 2.15. The summed E-state index contributed by atoms with van der Waals surface area (Å²) in [6.45, 7) is 5.82. The molecular weight excluding hydrogens is 246 g/mol. The van der Waals surface area contributed by atoms with Crippen LogP contribution in [0.5, 0.6) is 0 Å². The van der Waals surface area contributed by atoms with Crippen LogP contribution in [0.2, 0.25) is 0 Å².